The van der Waals surface area contributed by atoms with Gasteiger partial charge in [-0.2, -0.15) is 0 Å². The monoisotopic (exact) mass is 301 g/mol. The van der Waals surface area contributed by atoms with Crippen LogP contribution in [0.3, 0.4) is 0 Å². The fraction of sp³-hybridized carbons (Fsp3) is 0.182. The number of aromatic nitrogens is 1. The zero-order valence-corrected chi connectivity index (χ0v) is 10.9. The lowest BCUT2D eigenvalue weighted by molar-refractivity contribution is 0.414. The second-order valence-electron chi connectivity index (χ2n) is 3.11. The van der Waals surface area contributed by atoms with Crippen molar-refractivity contribution < 1.29 is 9.15 Å². The van der Waals surface area contributed by atoms with E-state index in [1.54, 1.807) is 7.11 Å². The summed E-state index contributed by atoms with van der Waals surface area (Å²) in [6.45, 7) is 0. The lowest BCUT2D eigenvalue weighted by Gasteiger charge is -2.05. The van der Waals surface area contributed by atoms with Crippen LogP contribution >= 0.6 is 27.5 Å². The Labute approximate surface area is 107 Å². The van der Waals surface area contributed by atoms with Gasteiger partial charge in [-0.1, -0.05) is 15.9 Å². The Hall–Kier alpha value is -1.00. The number of hydrogen-bond donors (Lipinski definition) is 0. The van der Waals surface area contributed by atoms with Crippen LogP contribution in [0.2, 0.25) is 0 Å². The summed E-state index contributed by atoms with van der Waals surface area (Å²) in [6.07, 6.45) is 1.39. The molecule has 0 bridgehead atoms. The highest BCUT2D eigenvalue weighted by molar-refractivity contribution is 9.10. The first kappa shape index (κ1) is 11.5. The number of halogens is 2. The summed E-state index contributed by atoms with van der Waals surface area (Å²) in [7, 11) is 1.62. The number of ether oxygens (including phenoxy) is 1. The van der Waals surface area contributed by atoms with E-state index in [1.165, 1.54) is 6.39 Å². The van der Waals surface area contributed by atoms with E-state index in [2.05, 4.69) is 20.9 Å². The number of methoxy groups -OCH3 is 1. The van der Waals surface area contributed by atoms with Crippen LogP contribution in [0.15, 0.2) is 33.5 Å². The Bertz CT molecular complexity index is 498. The quantitative estimate of drug-likeness (QED) is 0.808. The molecular formula is C11H9BrClNO2. The van der Waals surface area contributed by atoms with Crippen molar-refractivity contribution in [3.8, 4) is 17.1 Å². The Morgan fingerprint density at radius 1 is 1.50 bits per heavy atom. The van der Waals surface area contributed by atoms with E-state index in [9.17, 15) is 0 Å². The summed E-state index contributed by atoms with van der Waals surface area (Å²) in [5, 5.41) is 0. The van der Waals surface area contributed by atoms with Crippen LogP contribution in [0, 0.1) is 0 Å². The standard InChI is InChI=1S/C11H9BrClNO2/c1-15-7-2-3-9(12)8(4-7)11-10(5-13)14-6-16-11/h2-4,6H,5H2,1H3. The van der Waals surface area contributed by atoms with E-state index < -0.39 is 0 Å². The predicted molar refractivity (Wildman–Crippen MR) is 65.7 cm³/mol. The van der Waals surface area contributed by atoms with Gasteiger partial charge in [0.2, 0.25) is 0 Å². The SMILES string of the molecule is COc1ccc(Br)c(-c2ocnc2CCl)c1. The molecule has 84 valence electrons. The molecule has 0 aliphatic carbocycles. The molecule has 1 aromatic heterocycles. The van der Waals surface area contributed by atoms with Gasteiger partial charge in [-0.3, -0.25) is 0 Å². The van der Waals surface area contributed by atoms with Gasteiger partial charge in [0.1, 0.15) is 11.4 Å². The molecule has 0 aliphatic heterocycles. The summed E-state index contributed by atoms with van der Waals surface area (Å²) in [5.74, 6) is 1.74. The van der Waals surface area contributed by atoms with E-state index in [1.807, 2.05) is 18.2 Å². The molecule has 0 saturated carbocycles. The van der Waals surface area contributed by atoms with Crippen LogP contribution in [0.5, 0.6) is 5.75 Å². The smallest absolute Gasteiger partial charge is 0.181 e. The molecule has 2 rings (SSSR count). The number of nitrogens with zero attached hydrogens (tertiary/aromatic N) is 1. The number of oxazole rings is 1. The second kappa shape index (κ2) is 4.89. The molecular weight excluding hydrogens is 293 g/mol. The average Bonchev–Trinajstić information content (AvgIpc) is 2.77. The van der Waals surface area contributed by atoms with Gasteiger partial charge in [-0.05, 0) is 18.2 Å². The molecule has 0 amide bonds. The minimum Gasteiger partial charge on any atom is -0.497 e. The first-order valence-electron chi connectivity index (χ1n) is 4.58. The summed E-state index contributed by atoms with van der Waals surface area (Å²) in [5.41, 5.74) is 1.60. The molecule has 0 aliphatic rings. The van der Waals surface area contributed by atoms with Gasteiger partial charge in [0.05, 0.1) is 13.0 Å². The van der Waals surface area contributed by atoms with Gasteiger partial charge < -0.3 is 9.15 Å². The van der Waals surface area contributed by atoms with Crippen molar-refractivity contribution in [3.05, 3.63) is 34.8 Å². The molecule has 0 saturated heterocycles. The number of alkyl halides is 1. The maximum absolute atomic E-state index is 5.78. The van der Waals surface area contributed by atoms with Crippen molar-refractivity contribution >= 4 is 27.5 Å². The van der Waals surface area contributed by atoms with E-state index in [-0.39, 0.29) is 0 Å². The van der Waals surface area contributed by atoms with Crippen LogP contribution in [0.4, 0.5) is 0 Å². The molecule has 0 N–H and O–H groups in total. The van der Waals surface area contributed by atoms with Gasteiger partial charge in [-0.25, -0.2) is 4.98 Å². The highest BCUT2D eigenvalue weighted by atomic mass is 79.9. The van der Waals surface area contributed by atoms with Crippen molar-refractivity contribution in [1.82, 2.24) is 4.98 Å². The first-order chi connectivity index (χ1) is 7.76. The Balaban J connectivity index is 2.54. The molecule has 3 nitrogen and oxygen atoms in total. The lowest BCUT2D eigenvalue weighted by Crippen LogP contribution is -1.87. The third-order valence-corrected chi connectivity index (χ3v) is 3.13. The molecule has 1 heterocycles. The molecule has 16 heavy (non-hydrogen) atoms. The maximum atomic E-state index is 5.78. The fourth-order valence-electron chi connectivity index (χ4n) is 1.39. The highest BCUT2D eigenvalue weighted by Crippen LogP contribution is 2.33. The number of benzene rings is 1. The van der Waals surface area contributed by atoms with Crippen molar-refractivity contribution in [1.29, 1.82) is 0 Å². The van der Waals surface area contributed by atoms with Gasteiger partial charge in [-0.15, -0.1) is 11.6 Å². The van der Waals surface area contributed by atoms with Crippen molar-refractivity contribution in [3.63, 3.8) is 0 Å². The van der Waals surface area contributed by atoms with Crippen LogP contribution in [-0.2, 0) is 5.88 Å². The average molecular weight is 303 g/mol. The van der Waals surface area contributed by atoms with Crippen LogP contribution < -0.4 is 4.74 Å². The molecule has 0 radical (unpaired) electrons. The van der Waals surface area contributed by atoms with E-state index in [0.29, 0.717) is 11.6 Å². The Morgan fingerprint density at radius 3 is 3.00 bits per heavy atom. The predicted octanol–water partition coefficient (Wildman–Crippen LogP) is 3.85. The van der Waals surface area contributed by atoms with Gasteiger partial charge in [0.25, 0.3) is 0 Å². The van der Waals surface area contributed by atoms with Gasteiger partial charge >= 0.3 is 0 Å². The third-order valence-electron chi connectivity index (χ3n) is 2.19. The fourth-order valence-corrected chi connectivity index (χ4v) is 2.01. The molecule has 0 atom stereocenters. The largest absolute Gasteiger partial charge is 0.497 e. The topological polar surface area (TPSA) is 35.3 Å². The minimum absolute atomic E-state index is 0.315. The summed E-state index contributed by atoms with van der Waals surface area (Å²) < 4.78 is 11.4. The zero-order chi connectivity index (χ0) is 11.5. The Kier molecular flexibility index (Phi) is 3.51. The number of hydrogen-bond acceptors (Lipinski definition) is 3. The molecule has 0 unspecified atom stereocenters. The molecule has 0 fully saturated rings. The zero-order valence-electron chi connectivity index (χ0n) is 8.54. The van der Waals surface area contributed by atoms with Crippen LogP contribution in [0.1, 0.15) is 5.69 Å². The molecule has 2 aromatic rings. The van der Waals surface area contributed by atoms with E-state index >= 15 is 0 Å². The summed E-state index contributed by atoms with van der Waals surface area (Å²) >= 11 is 9.24. The maximum Gasteiger partial charge on any atom is 0.181 e. The molecule has 5 heteroatoms. The van der Waals surface area contributed by atoms with Crippen molar-refractivity contribution in [2.75, 3.05) is 7.11 Å². The van der Waals surface area contributed by atoms with Crippen molar-refractivity contribution in [2.45, 2.75) is 5.88 Å². The molecule has 0 spiro atoms. The highest BCUT2D eigenvalue weighted by Gasteiger charge is 2.13. The Morgan fingerprint density at radius 2 is 2.31 bits per heavy atom. The third kappa shape index (κ3) is 2.08. The summed E-state index contributed by atoms with van der Waals surface area (Å²) in [4.78, 5) is 4.05. The van der Waals surface area contributed by atoms with Gasteiger partial charge in [0.15, 0.2) is 12.2 Å². The van der Waals surface area contributed by atoms with Gasteiger partial charge in [0, 0.05) is 10.0 Å². The van der Waals surface area contributed by atoms with Crippen molar-refractivity contribution in [2.24, 2.45) is 0 Å². The van der Waals surface area contributed by atoms with E-state index in [0.717, 1.165) is 21.5 Å². The summed E-state index contributed by atoms with van der Waals surface area (Å²) in [6, 6.07) is 5.64. The minimum atomic E-state index is 0.315. The first-order valence-corrected chi connectivity index (χ1v) is 5.91. The lowest BCUT2D eigenvalue weighted by atomic mass is 10.1. The van der Waals surface area contributed by atoms with Crippen LogP contribution in [-0.4, -0.2) is 12.1 Å². The normalized spacial score (nSPS) is 10.4. The molecule has 1 aromatic carbocycles. The number of rotatable bonds is 3. The second-order valence-corrected chi connectivity index (χ2v) is 4.23. The van der Waals surface area contributed by atoms with E-state index in [4.69, 9.17) is 20.8 Å². The van der Waals surface area contributed by atoms with Crippen LogP contribution in [0.25, 0.3) is 11.3 Å².